The van der Waals surface area contributed by atoms with E-state index < -0.39 is 6.17 Å². The number of alkyl halides is 1. The van der Waals surface area contributed by atoms with Crippen LogP contribution in [0.15, 0.2) is 36.5 Å². The zero-order chi connectivity index (χ0) is 26.4. The van der Waals surface area contributed by atoms with Crippen molar-refractivity contribution in [1.29, 1.82) is 0 Å². The minimum absolute atomic E-state index is 0.0812. The summed E-state index contributed by atoms with van der Waals surface area (Å²) in [5.41, 5.74) is 3.99. The molecule has 38 heavy (non-hydrogen) atoms. The van der Waals surface area contributed by atoms with Crippen molar-refractivity contribution in [3.05, 3.63) is 47.1 Å². The molecular weight excluding hydrogens is 505 g/mol. The van der Waals surface area contributed by atoms with Gasteiger partial charge in [-0.1, -0.05) is 17.7 Å². The van der Waals surface area contributed by atoms with Gasteiger partial charge in [0.2, 0.25) is 0 Å². The maximum Gasteiger partial charge on any atom is 0.176 e. The molecule has 3 aromatic rings. The van der Waals surface area contributed by atoms with Crippen molar-refractivity contribution in [3.8, 4) is 22.6 Å². The number of halogens is 2. The first-order valence-electron chi connectivity index (χ1n) is 13.6. The van der Waals surface area contributed by atoms with Gasteiger partial charge in [0.25, 0.3) is 0 Å². The van der Waals surface area contributed by atoms with Crippen molar-refractivity contribution in [2.24, 2.45) is 5.92 Å². The minimum Gasteiger partial charge on any atom is -0.503 e. The molecule has 3 fully saturated rings. The molecule has 0 spiro atoms. The minimum atomic E-state index is -0.692. The van der Waals surface area contributed by atoms with Crippen LogP contribution in [-0.4, -0.2) is 59.2 Å². The quantitative estimate of drug-likeness (QED) is 0.329. The lowest BCUT2D eigenvalue weighted by Gasteiger charge is -2.35. The number of Topliss-reactive ketones (excluding diaryl/α,β-unsaturated/α-hetero) is 1. The van der Waals surface area contributed by atoms with Crippen LogP contribution < -0.4 is 10.1 Å². The molecular formula is C30H33ClFN3O3. The summed E-state index contributed by atoms with van der Waals surface area (Å²) in [6, 6.07) is 10.1. The number of nitrogens with one attached hydrogen (secondary N) is 1. The average molecular weight is 538 g/mol. The van der Waals surface area contributed by atoms with Crippen LogP contribution in [0.25, 0.3) is 22.0 Å². The van der Waals surface area contributed by atoms with E-state index in [4.69, 9.17) is 16.3 Å². The number of nitrogens with zero attached hydrogens (tertiary/aromatic N) is 2. The van der Waals surface area contributed by atoms with E-state index in [-0.39, 0.29) is 28.5 Å². The standard InChI is InChI=1S/C30H33ClFN3O3/c1-38-27-14-19(13-25(31)30(27)37)18-4-9-26-23(12-18)28(24(15-33-26)29(36)17-2-3-17)34-21-5-7-22(8-6-21)35-11-10-20(32)16-35/h4,9,12-15,17,20-22,37H,2-3,5-8,10-11,16H2,1H3,(H,33,34)/t20-,21?,22?/m1/s1. The molecule has 0 radical (unpaired) electrons. The monoisotopic (exact) mass is 537 g/mol. The van der Waals surface area contributed by atoms with Gasteiger partial charge in [0.1, 0.15) is 6.17 Å². The average Bonchev–Trinajstić information content (AvgIpc) is 3.70. The summed E-state index contributed by atoms with van der Waals surface area (Å²) in [6.07, 6.45) is 7.54. The molecule has 200 valence electrons. The van der Waals surface area contributed by atoms with Gasteiger partial charge in [0, 0.05) is 42.7 Å². The number of phenolic OH excluding ortho intramolecular Hbond substituents is 1. The molecule has 6 nitrogen and oxygen atoms in total. The predicted molar refractivity (Wildman–Crippen MR) is 148 cm³/mol. The van der Waals surface area contributed by atoms with E-state index in [0.29, 0.717) is 30.3 Å². The first kappa shape index (κ1) is 25.4. The van der Waals surface area contributed by atoms with Crippen LogP contribution in [-0.2, 0) is 0 Å². The molecule has 0 amide bonds. The predicted octanol–water partition coefficient (Wildman–Crippen LogP) is 6.63. The van der Waals surface area contributed by atoms with E-state index in [9.17, 15) is 14.3 Å². The first-order chi connectivity index (χ1) is 18.4. The Morgan fingerprint density at radius 1 is 1.11 bits per heavy atom. The number of hydrogen-bond acceptors (Lipinski definition) is 6. The number of methoxy groups -OCH3 is 1. The molecule has 0 unspecified atom stereocenters. The fourth-order valence-electron chi connectivity index (χ4n) is 6.04. The Morgan fingerprint density at radius 2 is 1.89 bits per heavy atom. The third kappa shape index (κ3) is 4.94. The van der Waals surface area contributed by atoms with Crippen LogP contribution in [0.2, 0.25) is 5.02 Å². The van der Waals surface area contributed by atoms with Gasteiger partial charge in [-0.15, -0.1) is 0 Å². The number of carbonyl (C=O) groups excluding carboxylic acids is 1. The van der Waals surface area contributed by atoms with Crippen LogP contribution >= 0.6 is 11.6 Å². The first-order valence-corrected chi connectivity index (χ1v) is 14.0. The Balaban J connectivity index is 1.33. The van der Waals surface area contributed by atoms with Crippen LogP contribution in [0.4, 0.5) is 10.1 Å². The highest BCUT2D eigenvalue weighted by molar-refractivity contribution is 6.32. The van der Waals surface area contributed by atoms with Gasteiger partial charge in [-0.2, -0.15) is 0 Å². The second kappa shape index (κ2) is 10.3. The fraction of sp³-hybridized carbons (Fsp3) is 0.467. The maximum absolute atomic E-state index is 13.8. The smallest absolute Gasteiger partial charge is 0.176 e. The lowest BCUT2D eigenvalue weighted by Crippen LogP contribution is -2.39. The second-order valence-electron chi connectivity index (χ2n) is 11.0. The van der Waals surface area contributed by atoms with Crippen molar-refractivity contribution in [3.63, 3.8) is 0 Å². The molecule has 1 aromatic heterocycles. The topological polar surface area (TPSA) is 74.7 Å². The number of aromatic hydroxyl groups is 1. The Bertz CT molecular complexity index is 1370. The van der Waals surface area contributed by atoms with Crippen LogP contribution in [0, 0.1) is 5.92 Å². The molecule has 1 atom stereocenters. The van der Waals surface area contributed by atoms with E-state index in [2.05, 4.69) is 15.2 Å². The Labute approximate surface area is 227 Å². The maximum atomic E-state index is 13.8. The van der Waals surface area contributed by atoms with E-state index >= 15 is 0 Å². The number of rotatable bonds is 7. The number of benzene rings is 2. The zero-order valence-corrected chi connectivity index (χ0v) is 22.3. The Morgan fingerprint density at radius 3 is 2.58 bits per heavy atom. The largest absolute Gasteiger partial charge is 0.503 e. The van der Waals surface area contributed by atoms with Gasteiger partial charge in [-0.25, -0.2) is 4.39 Å². The highest BCUT2D eigenvalue weighted by Gasteiger charge is 2.34. The highest BCUT2D eigenvalue weighted by atomic mass is 35.5. The van der Waals surface area contributed by atoms with E-state index in [1.54, 1.807) is 18.3 Å². The van der Waals surface area contributed by atoms with Gasteiger partial charge < -0.3 is 15.2 Å². The van der Waals surface area contributed by atoms with E-state index in [1.165, 1.54) is 7.11 Å². The van der Waals surface area contributed by atoms with Gasteiger partial charge in [-0.3, -0.25) is 14.7 Å². The molecule has 0 bridgehead atoms. The molecule has 8 heteroatoms. The number of hydrogen-bond donors (Lipinski definition) is 2. The molecule has 6 rings (SSSR count). The number of aromatic nitrogens is 1. The Kier molecular flexibility index (Phi) is 6.91. The number of carbonyl (C=O) groups is 1. The summed E-state index contributed by atoms with van der Waals surface area (Å²) in [5, 5.41) is 15.0. The number of likely N-dealkylation sites (tertiary alicyclic amines) is 1. The van der Waals surface area contributed by atoms with Crippen molar-refractivity contribution >= 4 is 34.0 Å². The molecule has 2 saturated carbocycles. The third-order valence-electron chi connectivity index (χ3n) is 8.39. The number of ketones is 1. The third-order valence-corrected chi connectivity index (χ3v) is 8.68. The summed E-state index contributed by atoms with van der Waals surface area (Å²) in [7, 11) is 1.49. The van der Waals surface area contributed by atoms with Gasteiger partial charge in [0.05, 0.1) is 28.9 Å². The van der Waals surface area contributed by atoms with Gasteiger partial charge in [-0.05, 0) is 80.3 Å². The zero-order valence-electron chi connectivity index (χ0n) is 21.6. The Hall–Kier alpha value is -2.90. The van der Waals surface area contributed by atoms with Crippen LogP contribution in [0.1, 0.15) is 55.3 Å². The molecule has 2 heterocycles. The van der Waals surface area contributed by atoms with E-state index in [0.717, 1.165) is 72.8 Å². The summed E-state index contributed by atoms with van der Waals surface area (Å²) in [5.74, 6) is 0.446. The molecule has 1 saturated heterocycles. The SMILES string of the molecule is COc1cc(-c2ccc3ncc(C(=O)C4CC4)c(NC4CCC(N5CC[C@@H](F)C5)CC4)c3c2)cc(Cl)c1O. The number of anilines is 1. The summed E-state index contributed by atoms with van der Waals surface area (Å²) in [6.45, 7) is 1.42. The van der Waals surface area contributed by atoms with Crippen molar-refractivity contribution in [2.75, 3.05) is 25.5 Å². The lowest BCUT2D eigenvalue weighted by molar-refractivity contribution is 0.0968. The molecule has 1 aliphatic heterocycles. The number of fused-ring (bicyclic) bond motifs is 1. The second-order valence-corrected chi connectivity index (χ2v) is 11.4. The van der Waals surface area contributed by atoms with Crippen molar-refractivity contribution in [1.82, 2.24) is 9.88 Å². The van der Waals surface area contributed by atoms with Crippen molar-refractivity contribution in [2.45, 2.75) is 63.2 Å². The molecule has 2 aliphatic carbocycles. The van der Waals surface area contributed by atoms with E-state index in [1.807, 2.05) is 18.2 Å². The summed E-state index contributed by atoms with van der Waals surface area (Å²) >= 11 is 6.28. The van der Waals surface area contributed by atoms with Crippen LogP contribution in [0.5, 0.6) is 11.5 Å². The fourth-order valence-corrected chi connectivity index (χ4v) is 6.25. The summed E-state index contributed by atoms with van der Waals surface area (Å²) < 4.78 is 19.1. The molecule has 3 aliphatic rings. The normalized spacial score (nSPS) is 24.0. The van der Waals surface area contributed by atoms with Gasteiger partial charge >= 0.3 is 0 Å². The molecule has 2 aromatic carbocycles. The molecule has 2 N–H and O–H groups in total. The number of pyridine rings is 1. The summed E-state index contributed by atoms with van der Waals surface area (Å²) in [4.78, 5) is 20.3. The number of phenols is 1. The highest BCUT2D eigenvalue weighted by Crippen LogP contribution is 2.41. The van der Waals surface area contributed by atoms with Gasteiger partial charge in [0.15, 0.2) is 17.3 Å². The van der Waals surface area contributed by atoms with Crippen LogP contribution in [0.3, 0.4) is 0 Å². The lowest BCUT2D eigenvalue weighted by atomic mass is 9.89. The van der Waals surface area contributed by atoms with Crippen molar-refractivity contribution < 1.29 is 19.0 Å². The number of ether oxygens (including phenoxy) is 1.